The number of hydrogen-bond acceptors (Lipinski definition) is 4. The molecule has 0 fully saturated rings. The summed E-state index contributed by atoms with van der Waals surface area (Å²) in [6.45, 7) is 0. The SMILES string of the molecule is COc1cc(C[C@H]2C(=O)NC(N)=[N+]2C)ccc1O. The summed E-state index contributed by atoms with van der Waals surface area (Å²) < 4.78 is 6.73. The number of carbonyl (C=O) groups excluding carboxylic acids is 1. The Bertz CT molecular complexity index is 525. The number of benzene rings is 1. The molecule has 1 aromatic rings. The summed E-state index contributed by atoms with van der Waals surface area (Å²) in [4.78, 5) is 11.7. The van der Waals surface area contributed by atoms with Gasteiger partial charge in [-0.2, -0.15) is 0 Å². The molecule has 0 radical (unpaired) electrons. The summed E-state index contributed by atoms with van der Waals surface area (Å²) in [5, 5.41) is 12.1. The molecule has 6 heteroatoms. The molecular formula is C12H16N3O3+. The monoisotopic (exact) mass is 250 g/mol. The number of nitrogens with two attached hydrogens (primary N) is 1. The molecule has 0 saturated carbocycles. The number of likely N-dealkylation sites (N-methyl/N-ethyl adjacent to an activating group) is 1. The molecule has 18 heavy (non-hydrogen) atoms. The topological polar surface area (TPSA) is 87.6 Å². The molecule has 1 amide bonds. The van der Waals surface area contributed by atoms with E-state index in [1.165, 1.54) is 7.11 Å². The first-order valence-electron chi connectivity index (χ1n) is 5.55. The molecule has 4 N–H and O–H groups in total. The predicted molar refractivity (Wildman–Crippen MR) is 65.7 cm³/mol. The lowest BCUT2D eigenvalue weighted by Gasteiger charge is -2.10. The molecule has 1 aromatic carbocycles. The van der Waals surface area contributed by atoms with E-state index in [4.69, 9.17) is 10.5 Å². The Morgan fingerprint density at radius 1 is 1.56 bits per heavy atom. The van der Waals surface area contributed by atoms with E-state index >= 15 is 0 Å². The van der Waals surface area contributed by atoms with Crippen molar-refractivity contribution in [3.8, 4) is 11.5 Å². The Kier molecular flexibility index (Phi) is 3.10. The van der Waals surface area contributed by atoms with Crippen LogP contribution < -0.4 is 15.8 Å². The Balaban J connectivity index is 2.22. The van der Waals surface area contributed by atoms with Crippen LogP contribution in [-0.2, 0) is 11.2 Å². The lowest BCUT2D eigenvalue weighted by atomic mass is 10.1. The molecule has 0 bridgehead atoms. The second-order valence-electron chi connectivity index (χ2n) is 4.21. The summed E-state index contributed by atoms with van der Waals surface area (Å²) in [5.74, 6) is 0.708. The van der Waals surface area contributed by atoms with Crippen LogP contribution >= 0.6 is 0 Å². The minimum Gasteiger partial charge on any atom is -0.504 e. The van der Waals surface area contributed by atoms with Crippen molar-refractivity contribution < 1.29 is 19.2 Å². The van der Waals surface area contributed by atoms with Crippen molar-refractivity contribution in [1.29, 1.82) is 0 Å². The van der Waals surface area contributed by atoms with E-state index in [0.29, 0.717) is 18.1 Å². The first-order chi connectivity index (χ1) is 8.52. The average Bonchev–Trinajstić information content (AvgIpc) is 2.58. The van der Waals surface area contributed by atoms with E-state index in [0.717, 1.165) is 5.56 Å². The number of hydrogen-bond donors (Lipinski definition) is 3. The minimum absolute atomic E-state index is 0.0801. The van der Waals surface area contributed by atoms with Crippen LogP contribution in [0.1, 0.15) is 5.56 Å². The summed E-state index contributed by atoms with van der Waals surface area (Å²) in [7, 11) is 3.24. The van der Waals surface area contributed by atoms with E-state index in [2.05, 4.69) is 5.32 Å². The second-order valence-corrected chi connectivity index (χ2v) is 4.21. The van der Waals surface area contributed by atoms with Gasteiger partial charge in [-0.25, -0.2) is 5.32 Å². The van der Waals surface area contributed by atoms with Crippen LogP contribution in [0.15, 0.2) is 18.2 Å². The number of amides is 1. The van der Waals surface area contributed by atoms with Crippen LogP contribution in [0.4, 0.5) is 0 Å². The number of carbonyl (C=O) groups is 1. The van der Waals surface area contributed by atoms with Gasteiger partial charge in [0.2, 0.25) is 0 Å². The van der Waals surface area contributed by atoms with Crippen LogP contribution in [0, 0.1) is 0 Å². The highest BCUT2D eigenvalue weighted by molar-refractivity contribution is 5.99. The van der Waals surface area contributed by atoms with Crippen molar-refractivity contribution in [2.45, 2.75) is 12.5 Å². The van der Waals surface area contributed by atoms with E-state index in [1.54, 1.807) is 29.8 Å². The highest BCUT2D eigenvalue weighted by Gasteiger charge is 2.34. The number of phenols is 1. The highest BCUT2D eigenvalue weighted by atomic mass is 16.5. The van der Waals surface area contributed by atoms with Gasteiger partial charge in [-0.1, -0.05) is 6.07 Å². The molecule has 0 spiro atoms. The van der Waals surface area contributed by atoms with Crippen molar-refractivity contribution in [3.05, 3.63) is 23.8 Å². The maximum absolute atomic E-state index is 11.7. The molecule has 0 aliphatic carbocycles. The van der Waals surface area contributed by atoms with Gasteiger partial charge in [-0.3, -0.25) is 15.1 Å². The number of nitrogens with zero attached hydrogens (tertiary/aromatic N) is 1. The number of aromatic hydroxyl groups is 1. The Labute approximate surface area is 105 Å². The summed E-state index contributed by atoms with van der Waals surface area (Å²) >= 11 is 0. The number of rotatable bonds is 3. The lowest BCUT2D eigenvalue weighted by molar-refractivity contribution is -0.518. The minimum atomic E-state index is -0.334. The van der Waals surface area contributed by atoms with Gasteiger partial charge >= 0.3 is 11.9 Å². The molecule has 1 aliphatic rings. The van der Waals surface area contributed by atoms with E-state index in [9.17, 15) is 9.90 Å². The van der Waals surface area contributed by atoms with Crippen molar-refractivity contribution in [1.82, 2.24) is 5.32 Å². The van der Waals surface area contributed by atoms with E-state index in [1.807, 2.05) is 0 Å². The summed E-state index contributed by atoms with van der Waals surface area (Å²) in [5.41, 5.74) is 6.53. The van der Waals surface area contributed by atoms with Gasteiger partial charge in [0, 0.05) is 6.42 Å². The normalized spacial score (nSPS) is 19.0. The van der Waals surface area contributed by atoms with Crippen molar-refractivity contribution >= 4 is 11.9 Å². The zero-order chi connectivity index (χ0) is 13.3. The Morgan fingerprint density at radius 3 is 2.83 bits per heavy atom. The van der Waals surface area contributed by atoms with Crippen molar-refractivity contribution in [2.24, 2.45) is 5.73 Å². The highest BCUT2D eigenvalue weighted by Crippen LogP contribution is 2.27. The standard InChI is InChI=1S/C12H15N3O3/c1-15-8(11(17)14-12(15)13)5-7-3-4-9(16)10(6-7)18-2/h3-4,6,8H,5H2,1-2H3,(H3,13,14,16,17)/p+1/t8-/m0/s1. The van der Waals surface area contributed by atoms with E-state index in [-0.39, 0.29) is 17.7 Å². The Morgan fingerprint density at radius 2 is 2.28 bits per heavy atom. The zero-order valence-electron chi connectivity index (χ0n) is 10.3. The Hall–Kier alpha value is -2.24. The second kappa shape index (κ2) is 4.56. The molecule has 1 aliphatic heterocycles. The molecule has 1 heterocycles. The first kappa shape index (κ1) is 12.2. The lowest BCUT2D eigenvalue weighted by Crippen LogP contribution is -2.33. The van der Waals surface area contributed by atoms with Gasteiger partial charge < -0.3 is 9.84 Å². The van der Waals surface area contributed by atoms with Gasteiger partial charge in [-0.05, 0) is 17.7 Å². The number of ether oxygens (including phenoxy) is 1. The van der Waals surface area contributed by atoms with Gasteiger partial charge in [0.1, 0.15) is 0 Å². The fourth-order valence-electron chi connectivity index (χ4n) is 1.94. The molecule has 0 saturated heterocycles. The van der Waals surface area contributed by atoms with Gasteiger partial charge in [-0.15, -0.1) is 0 Å². The molecule has 0 unspecified atom stereocenters. The summed E-state index contributed by atoms with van der Waals surface area (Å²) in [6, 6.07) is 4.69. The third-order valence-electron chi connectivity index (χ3n) is 3.07. The number of guanidine groups is 1. The molecular weight excluding hydrogens is 234 g/mol. The zero-order valence-corrected chi connectivity index (χ0v) is 10.3. The summed E-state index contributed by atoms with van der Waals surface area (Å²) in [6.07, 6.45) is 0.500. The van der Waals surface area contributed by atoms with Crippen LogP contribution in [-0.4, -0.2) is 41.7 Å². The predicted octanol–water partition coefficient (Wildman–Crippen LogP) is -0.601. The maximum Gasteiger partial charge on any atom is 0.351 e. The number of nitrogens with one attached hydrogen (secondary N) is 1. The maximum atomic E-state index is 11.7. The van der Waals surface area contributed by atoms with Crippen molar-refractivity contribution in [3.63, 3.8) is 0 Å². The van der Waals surface area contributed by atoms with Crippen LogP contribution in [0.2, 0.25) is 0 Å². The fourth-order valence-corrected chi connectivity index (χ4v) is 1.94. The first-order valence-corrected chi connectivity index (χ1v) is 5.55. The quantitative estimate of drug-likeness (QED) is 0.625. The van der Waals surface area contributed by atoms with Crippen LogP contribution in [0.25, 0.3) is 0 Å². The molecule has 1 atom stereocenters. The molecule has 6 nitrogen and oxygen atoms in total. The molecule has 96 valence electrons. The molecule has 2 rings (SSSR count). The largest absolute Gasteiger partial charge is 0.504 e. The third kappa shape index (κ3) is 2.09. The van der Waals surface area contributed by atoms with Crippen LogP contribution in [0.5, 0.6) is 11.5 Å². The van der Waals surface area contributed by atoms with Crippen molar-refractivity contribution in [2.75, 3.05) is 14.2 Å². The number of phenolic OH excluding ortho intramolecular Hbond substituents is 1. The fraction of sp³-hybridized carbons (Fsp3) is 0.333. The molecule has 0 aromatic heterocycles. The van der Waals surface area contributed by atoms with Gasteiger partial charge in [0.05, 0.1) is 14.2 Å². The average molecular weight is 250 g/mol. The van der Waals surface area contributed by atoms with Crippen LogP contribution in [0.3, 0.4) is 0 Å². The van der Waals surface area contributed by atoms with E-state index < -0.39 is 0 Å². The van der Waals surface area contributed by atoms with Gasteiger partial charge in [0.25, 0.3) is 0 Å². The number of methoxy groups -OCH3 is 1. The van der Waals surface area contributed by atoms with Gasteiger partial charge in [0.15, 0.2) is 17.5 Å². The third-order valence-corrected chi connectivity index (χ3v) is 3.07. The smallest absolute Gasteiger partial charge is 0.351 e.